The molecule has 5 heteroatoms. The number of nitrogens with one attached hydrogen (secondary N) is 1. The van der Waals surface area contributed by atoms with Crippen LogP contribution in [-0.2, 0) is 17.8 Å². The minimum absolute atomic E-state index is 0.123. The quantitative estimate of drug-likeness (QED) is 0.846. The van der Waals surface area contributed by atoms with Crippen LogP contribution in [0.25, 0.3) is 0 Å². The van der Waals surface area contributed by atoms with Gasteiger partial charge < -0.3 is 15.3 Å². The first-order valence-electron chi connectivity index (χ1n) is 9.46. The molecule has 1 atom stereocenters. The average Bonchev–Trinajstić information content (AvgIpc) is 2.68. The molecule has 3 rings (SSSR count). The van der Waals surface area contributed by atoms with E-state index in [4.69, 9.17) is 0 Å². The molecule has 142 valence electrons. The van der Waals surface area contributed by atoms with Gasteiger partial charge >= 0.3 is 0 Å². The highest BCUT2D eigenvalue weighted by molar-refractivity contribution is 5.96. The van der Waals surface area contributed by atoms with Gasteiger partial charge in [-0.05, 0) is 29.8 Å². The zero-order valence-corrected chi connectivity index (χ0v) is 16.1. The fourth-order valence-electron chi connectivity index (χ4n) is 3.13. The Hall–Kier alpha value is -2.11. The van der Waals surface area contributed by atoms with Crippen LogP contribution >= 0.6 is 0 Å². The minimum atomic E-state index is -0.560. The summed E-state index contributed by atoms with van der Waals surface area (Å²) in [6, 6.07) is 8.45. The number of benzene rings is 1. The van der Waals surface area contributed by atoms with E-state index >= 15 is 0 Å². The van der Waals surface area contributed by atoms with E-state index in [1.54, 1.807) is 6.08 Å². The molecule has 1 unspecified atom stereocenters. The molecule has 0 saturated heterocycles. The molecule has 2 aliphatic heterocycles. The molecule has 26 heavy (non-hydrogen) atoms. The summed E-state index contributed by atoms with van der Waals surface area (Å²) in [6.07, 6.45) is 6.03. The number of likely N-dealkylation sites (N-methyl/N-ethyl adjacent to an activating group) is 1. The Balaban J connectivity index is 0.00000117. The van der Waals surface area contributed by atoms with Crippen molar-refractivity contribution in [3.05, 3.63) is 59.3 Å². The monoisotopic (exact) mass is 357 g/mol. The summed E-state index contributed by atoms with van der Waals surface area (Å²) in [5.41, 5.74) is 3.39. The number of hydrogen-bond acceptors (Lipinski definition) is 4. The van der Waals surface area contributed by atoms with E-state index in [1.165, 1.54) is 11.1 Å². The highest BCUT2D eigenvalue weighted by Crippen LogP contribution is 2.18. The summed E-state index contributed by atoms with van der Waals surface area (Å²) in [6.45, 7) is 7.39. The van der Waals surface area contributed by atoms with Crippen molar-refractivity contribution >= 4 is 5.91 Å². The van der Waals surface area contributed by atoms with Gasteiger partial charge in [0.25, 0.3) is 5.91 Å². The second-order valence-electron chi connectivity index (χ2n) is 6.53. The van der Waals surface area contributed by atoms with E-state index < -0.39 is 6.10 Å². The summed E-state index contributed by atoms with van der Waals surface area (Å²) in [5, 5.41) is 13.1. The van der Waals surface area contributed by atoms with Crippen molar-refractivity contribution in [1.29, 1.82) is 0 Å². The molecule has 2 aliphatic rings. The third-order valence-electron chi connectivity index (χ3n) is 4.55. The van der Waals surface area contributed by atoms with E-state index in [0.29, 0.717) is 12.1 Å². The molecule has 1 amide bonds. The Morgan fingerprint density at radius 1 is 1.27 bits per heavy atom. The van der Waals surface area contributed by atoms with Gasteiger partial charge in [-0.15, -0.1) is 0 Å². The van der Waals surface area contributed by atoms with E-state index in [9.17, 15) is 9.90 Å². The van der Waals surface area contributed by atoms with Crippen LogP contribution in [0.4, 0.5) is 0 Å². The maximum absolute atomic E-state index is 12.1. The van der Waals surface area contributed by atoms with Gasteiger partial charge in [0, 0.05) is 45.3 Å². The second-order valence-corrected chi connectivity index (χ2v) is 6.53. The molecule has 0 radical (unpaired) electrons. The number of hydrogen-bond donors (Lipinski definition) is 2. The van der Waals surface area contributed by atoms with E-state index in [-0.39, 0.29) is 12.5 Å². The molecule has 2 heterocycles. The molecule has 1 aromatic carbocycles. The second kappa shape index (κ2) is 10.1. The molecule has 1 aromatic rings. The van der Waals surface area contributed by atoms with Gasteiger partial charge in [0.05, 0.1) is 6.10 Å². The number of nitrogens with zero attached hydrogens (tertiary/aromatic N) is 2. The van der Waals surface area contributed by atoms with Crippen LogP contribution in [0.2, 0.25) is 0 Å². The minimum Gasteiger partial charge on any atom is -0.390 e. The zero-order valence-electron chi connectivity index (χ0n) is 16.1. The van der Waals surface area contributed by atoms with Crippen LogP contribution in [0.15, 0.2) is 48.2 Å². The van der Waals surface area contributed by atoms with E-state index in [0.717, 1.165) is 26.1 Å². The third-order valence-corrected chi connectivity index (χ3v) is 4.55. The Morgan fingerprint density at radius 3 is 2.69 bits per heavy atom. The third kappa shape index (κ3) is 5.71. The van der Waals surface area contributed by atoms with Gasteiger partial charge in [0.1, 0.15) is 0 Å². The topological polar surface area (TPSA) is 55.8 Å². The van der Waals surface area contributed by atoms with Gasteiger partial charge in [-0.2, -0.15) is 0 Å². The largest absolute Gasteiger partial charge is 0.390 e. The van der Waals surface area contributed by atoms with Crippen LogP contribution < -0.4 is 5.32 Å². The van der Waals surface area contributed by atoms with Crippen LogP contribution in [-0.4, -0.2) is 60.1 Å². The fraction of sp³-hybridized carbons (Fsp3) is 0.476. The van der Waals surface area contributed by atoms with E-state index in [1.807, 2.05) is 38.1 Å². The van der Waals surface area contributed by atoms with Crippen molar-refractivity contribution in [3.63, 3.8) is 0 Å². The van der Waals surface area contributed by atoms with Crippen molar-refractivity contribution < 1.29 is 9.90 Å². The predicted molar refractivity (Wildman–Crippen MR) is 106 cm³/mol. The zero-order chi connectivity index (χ0) is 18.9. The lowest BCUT2D eigenvalue weighted by Crippen LogP contribution is -2.42. The Morgan fingerprint density at radius 2 is 2.00 bits per heavy atom. The highest BCUT2D eigenvalue weighted by atomic mass is 16.3. The molecule has 0 aromatic heterocycles. The van der Waals surface area contributed by atoms with Gasteiger partial charge in [0.15, 0.2) is 0 Å². The van der Waals surface area contributed by atoms with E-state index in [2.05, 4.69) is 34.5 Å². The maximum Gasteiger partial charge on any atom is 0.251 e. The smallest absolute Gasteiger partial charge is 0.251 e. The number of aliphatic hydroxyl groups excluding tert-OH is 1. The van der Waals surface area contributed by atoms with Crippen molar-refractivity contribution in [1.82, 2.24) is 15.1 Å². The lowest BCUT2D eigenvalue weighted by atomic mass is 10.00. The lowest BCUT2D eigenvalue weighted by molar-refractivity contribution is -0.117. The summed E-state index contributed by atoms with van der Waals surface area (Å²) in [7, 11) is 1.96. The highest BCUT2D eigenvalue weighted by Gasteiger charge is 2.19. The van der Waals surface area contributed by atoms with Crippen molar-refractivity contribution in [2.75, 3.05) is 33.2 Å². The first kappa shape index (κ1) is 20.2. The molecule has 5 nitrogen and oxygen atoms in total. The average molecular weight is 357 g/mol. The number of fused-ring (bicyclic) bond motifs is 1. The molecule has 0 bridgehead atoms. The Labute approximate surface area is 157 Å². The normalized spacial score (nSPS) is 17.5. The number of rotatable bonds is 5. The summed E-state index contributed by atoms with van der Waals surface area (Å²) >= 11 is 0. The first-order valence-corrected chi connectivity index (χ1v) is 9.46. The number of aliphatic hydroxyl groups is 1. The van der Waals surface area contributed by atoms with Crippen molar-refractivity contribution in [2.45, 2.75) is 32.9 Å². The van der Waals surface area contributed by atoms with Crippen LogP contribution in [0, 0.1) is 0 Å². The molecule has 2 N–H and O–H groups in total. The lowest BCUT2D eigenvalue weighted by Gasteiger charge is -2.30. The summed E-state index contributed by atoms with van der Waals surface area (Å²) in [4.78, 5) is 16.3. The van der Waals surface area contributed by atoms with Gasteiger partial charge in [-0.1, -0.05) is 44.2 Å². The molecular weight excluding hydrogens is 326 g/mol. The Kier molecular flexibility index (Phi) is 7.88. The van der Waals surface area contributed by atoms with Gasteiger partial charge in [0.2, 0.25) is 0 Å². The fourth-order valence-corrected chi connectivity index (χ4v) is 3.13. The molecule has 0 aliphatic carbocycles. The van der Waals surface area contributed by atoms with Crippen LogP contribution in [0.3, 0.4) is 0 Å². The standard InChI is InChI=1S/C19H25N3O2.C2H6/c1-21-9-6-16(7-10-21)19(24)20-12-18(23)14-22-11-8-15-4-2-3-5-17(15)13-22;1-2/h2-7,9,18,23H,8,10-14H2,1H3,(H,20,24);1-2H3. The number of carbonyl (C=O) groups is 1. The van der Waals surface area contributed by atoms with Gasteiger partial charge in [-0.25, -0.2) is 0 Å². The van der Waals surface area contributed by atoms with Crippen LogP contribution in [0.5, 0.6) is 0 Å². The first-order chi connectivity index (χ1) is 12.6. The number of β-amino-alcohol motifs (C(OH)–C–C–N with tert-alkyl or cyclic N) is 1. The molecule has 0 spiro atoms. The molecule has 0 fully saturated rings. The van der Waals surface area contributed by atoms with Crippen LogP contribution in [0.1, 0.15) is 25.0 Å². The predicted octanol–water partition coefficient (Wildman–Crippen LogP) is 1.93. The molecule has 0 saturated carbocycles. The Bertz CT molecular complexity index is 654. The summed E-state index contributed by atoms with van der Waals surface area (Å²) in [5.74, 6) is -0.123. The van der Waals surface area contributed by atoms with Gasteiger partial charge in [-0.3, -0.25) is 9.69 Å². The van der Waals surface area contributed by atoms with Crippen molar-refractivity contribution in [2.24, 2.45) is 0 Å². The molecular formula is C21H31N3O2. The van der Waals surface area contributed by atoms with Crippen molar-refractivity contribution in [3.8, 4) is 0 Å². The number of carbonyl (C=O) groups excluding carboxylic acids is 1. The maximum atomic E-state index is 12.1. The number of amides is 1. The SMILES string of the molecule is CC.CN1C=CC(C(=O)NCC(O)CN2CCc3ccccc3C2)=CC1. The summed E-state index contributed by atoms with van der Waals surface area (Å²) < 4.78 is 0.